The van der Waals surface area contributed by atoms with Crippen LogP contribution in [0, 0.1) is 7.11 Å². The van der Waals surface area contributed by atoms with E-state index in [0.717, 1.165) is 0 Å². The lowest BCUT2D eigenvalue weighted by Gasteiger charge is -2.26. The number of ether oxygens (including phenoxy) is 2. The summed E-state index contributed by atoms with van der Waals surface area (Å²) in [5.41, 5.74) is 0. The highest BCUT2D eigenvalue weighted by Crippen LogP contribution is 2.28. The van der Waals surface area contributed by atoms with Crippen LogP contribution in [0.2, 0.25) is 0 Å². The summed E-state index contributed by atoms with van der Waals surface area (Å²) in [4.78, 5) is 15.9. The van der Waals surface area contributed by atoms with Gasteiger partial charge in [0.25, 0.3) is 0 Å². The van der Waals surface area contributed by atoms with Crippen LogP contribution >= 0.6 is 8.60 Å². The molecule has 0 rings (SSSR count). The van der Waals surface area contributed by atoms with E-state index in [1.54, 1.807) is 0 Å². The molecule has 0 aliphatic carbocycles. The molecular formula is C9H20NO6P. The van der Waals surface area contributed by atoms with E-state index in [1.807, 2.05) is 21.1 Å². The molecule has 0 heterocycles. The maximum absolute atomic E-state index is 11.2. The molecule has 0 fully saturated rings. The number of quaternary nitrogens is 1. The van der Waals surface area contributed by atoms with Gasteiger partial charge < -0.3 is 23.4 Å². The predicted molar refractivity (Wildman–Crippen MR) is 59.0 cm³/mol. The zero-order valence-corrected chi connectivity index (χ0v) is 11.5. The molecule has 7 nitrogen and oxygen atoms in total. The lowest BCUT2D eigenvalue weighted by atomic mass is 10.4. The first kappa shape index (κ1) is 17.2. The highest BCUT2D eigenvalue weighted by Gasteiger charge is 2.11. The Balaban J connectivity index is 3.61. The predicted octanol–water partition coefficient (Wildman–Crippen LogP) is -0.0977. The second kappa shape index (κ2) is 9.13. The topological polar surface area (TPSA) is 69.2 Å². The summed E-state index contributed by atoms with van der Waals surface area (Å²) in [6, 6.07) is 0. The highest BCUT2D eigenvalue weighted by atomic mass is 31.2. The average Bonchev–Trinajstić information content (AvgIpc) is 2.22. The molecule has 2 radical (unpaired) electrons. The molecule has 2 unspecified atom stereocenters. The third-order valence-electron chi connectivity index (χ3n) is 1.46. The Morgan fingerprint density at radius 1 is 1.29 bits per heavy atom. The van der Waals surface area contributed by atoms with Crippen LogP contribution in [0.15, 0.2) is 0 Å². The van der Waals surface area contributed by atoms with Crippen molar-refractivity contribution in [1.82, 2.24) is 0 Å². The number of hydrogen-bond donors (Lipinski definition) is 0. The summed E-state index contributed by atoms with van der Waals surface area (Å²) >= 11 is 0. The fraction of sp³-hybridized carbons (Fsp3) is 0.889. The van der Waals surface area contributed by atoms with Crippen molar-refractivity contribution in [2.24, 2.45) is 0 Å². The van der Waals surface area contributed by atoms with Crippen LogP contribution in [-0.4, -0.2) is 58.8 Å². The van der Waals surface area contributed by atoms with Crippen LogP contribution in [0.25, 0.3) is 0 Å². The number of nitrogens with zero attached hydrogens (tertiary/aromatic N) is 1. The second-order valence-corrected chi connectivity index (χ2v) is 5.20. The van der Waals surface area contributed by atoms with Gasteiger partial charge in [-0.15, -0.1) is 0 Å². The van der Waals surface area contributed by atoms with Crippen LogP contribution < -0.4 is 4.89 Å². The van der Waals surface area contributed by atoms with Crippen molar-refractivity contribution in [2.45, 2.75) is 6.10 Å². The van der Waals surface area contributed by atoms with E-state index in [-0.39, 0.29) is 19.9 Å². The van der Waals surface area contributed by atoms with E-state index >= 15 is 0 Å². The van der Waals surface area contributed by atoms with Gasteiger partial charge in [-0.1, -0.05) is 0 Å². The largest absolute Gasteiger partial charge is 0.784 e. The molecule has 0 saturated heterocycles. The number of rotatable bonds is 10. The molecule has 0 aliphatic rings. The molecule has 8 heteroatoms. The highest BCUT2D eigenvalue weighted by molar-refractivity contribution is 7.38. The third-order valence-corrected chi connectivity index (χ3v) is 2.05. The van der Waals surface area contributed by atoms with Crippen LogP contribution in [-0.2, 0) is 23.6 Å². The van der Waals surface area contributed by atoms with Gasteiger partial charge in [-0.05, 0) is 0 Å². The van der Waals surface area contributed by atoms with E-state index in [9.17, 15) is 4.89 Å². The Kier molecular flexibility index (Phi) is 9.21. The molecule has 0 spiro atoms. The summed E-state index contributed by atoms with van der Waals surface area (Å²) < 4.78 is 19.2. The molecule has 0 aromatic heterocycles. The lowest BCUT2D eigenvalue weighted by molar-refractivity contribution is -0.899. The van der Waals surface area contributed by atoms with Gasteiger partial charge in [0.2, 0.25) is 6.73 Å². The second-order valence-electron chi connectivity index (χ2n) is 4.34. The normalized spacial score (nSPS) is 15.9. The van der Waals surface area contributed by atoms with Crippen molar-refractivity contribution < 1.29 is 32.9 Å². The molecule has 0 bridgehead atoms. The van der Waals surface area contributed by atoms with E-state index in [0.29, 0.717) is 4.48 Å². The fourth-order valence-electron chi connectivity index (χ4n) is 0.703. The first-order chi connectivity index (χ1) is 7.89. The molecule has 17 heavy (non-hydrogen) atoms. The molecule has 2 atom stereocenters. The van der Waals surface area contributed by atoms with Crippen molar-refractivity contribution in [3.8, 4) is 0 Å². The SMILES string of the molecule is [CH]OC(COC)COP([O-])OOC[N+](C)(C)C. The summed E-state index contributed by atoms with van der Waals surface area (Å²) in [7, 11) is 9.80. The van der Waals surface area contributed by atoms with E-state index in [2.05, 4.69) is 9.41 Å². The van der Waals surface area contributed by atoms with E-state index in [4.69, 9.17) is 21.3 Å². The van der Waals surface area contributed by atoms with Crippen molar-refractivity contribution >= 4 is 8.60 Å². The van der Waals surface area contributed by atoms with Gasteiger partial charge in [0.05, 0.1) is 34.4 Å². The Bertz CT molecular complexity index is 189. The average molecular weight is 269 g/mol. The van der Waals surface area contributed by atoms with Crippen molar-refractivity contribution in [2.75, 3.05) is 48.2 Å². The molecule has 0 saturated carbocycles. The minimum absolute atomic E-state index is 0.00667. The first-order valence-corrected chi connectivity index (χ1v) is 6.03. The molecule has 0 aromatic rings. The smallest absolute Gasteiger partial charge is 0.214 e. The molecule has 0 N–H and O–H groups in total. The summed E-state index contributed by atoms with van der Waals surface area (Å²) in [5.74, 6) is 0. The number of hydrogen-bond acceptors (Lipinski definition) is 6. The molecule has 102 valence electrons. The minimum Gasteiger partial charge on any atom is -0.784 e. The van der Waals surface area contributed by atoms with E-state index in [1.165, 1.54) is 7.11 Å². The van der Waals surface area contributed by atoms with Gasteiger partial charge in [-0.3, -0.25) is 0 Å². The third kappa shape index (κ3) is 11.0. The quantitative estimate of drug-likeness (QED) is 0.181. The zero-order valence-electron chi connectivity index (χ0n) is 10.6. The minimum atomic E-state index is -2.36. The Labute approximate surface area is 104 Å². The fourth-order valence-corrected chi connectivity index (χ4v) is 1.17. The standard InChI is InChI=1S/C9H20NO6P/c1-10(2,3)8-14-16-17(11)15-7-9(13-5)6-12-4/h5,9H,6-8H2,1-4H3. The zero-order chi connectivity index (χ0) is 13.3. The van der Waals surface area contributed by atoms with Gasteiger partial charge in [0, 0.05) is 7.11 Å². The molecule has 0 aliphatic heterocycles. The van der Waals surface area contributed by atoms with Gasteiger partial charge >= 0.3 is 0 Å². The Morgan fingerprint density at radius 3 is 2.41 bits per heavy atom. The maximum atomic E-state index is 11.2. The van der Waals surface area contributed by atoms with Crippen molar-refractivity contribution in [3.05, 3.63) is 7.11 Å². The van der Waals surface area contributed by atoms with Crippen LogP contribution in [0.5, 0.6) is 0 Å². The van der Waals surface area contributed by atoms with Gasteiger partial charge in [0.1, 0.15) is 21.8 Å². The van der Waals surface area contributed by atoms with Crippen LogP contribution in [0.4, 0.5) is 0 Å². The van der Waals surface area contributed by atoms with Crippen LogP contribution in [0.3, 0.4) is 0 Å². The van der Waals surface area contributed by atoms with E-state index < -0.39 is 14.7 Å². The maximum Gasteiger partial charge on any atom is 0.214 e. The van der Waals surface area contributed by atoms with Crippen molar-refractivity contribution in [1.29, 1.82) is 0 Å². The van der Waals surface area contributed by atoms with Crippen LogP contribution in [0.1, 0.15) is 0 Å². The van der Waals surface area contributed by atoms with Gasteiger partial charge in [-0.25, -0.2) is 0 Å². The Morgan fingerprint density at radius 2 is 1.94 bits per heavy atom. The molecular weight excluding hydrogens is 249 g/mol. The Hall–Kier alpha value is 0.150. The van der Waals surface area contributed by atoms with Gasteiger partial charge in [-0.2, -0.15) is 9.56 Å². The molecule has 0 aromatic carbocycles. The molecule has 0 amide bonds. The van der Waals surface area contributed by atoms with Gasteiger partial charge in [0.15, 0.2) is 0 Å². The van der Waals surface area contributed by atoms with Crippen molar-refractivity contribution in [3.63, 3.8) is 0 Å². The lowest BCUT2D eigenvalue weighted by Crippen LogP contribution is -2.36. The number of methoxy groups -OCH3 is 1. The monoisotopic (exact) mass is 269 g/mol. The first-order valence-electron chi connectivity index (χ1n) is 4.93. The summed E-state index contributed by atoms with van der Waals surface area (Å²) in [5, 5.41) is 0. The summed E-state index contributed by atoms with van der Waals surface area (Å²) in [6.07, 6.45) is -0.499. The summed E-state index contributed by atoms with van der Waals surface area (Å²) in [6.45, 7) is 0.478.